The van der Waals surface area contributed by atoms with Gasteiger partial charge in [0, 0.05) is 4.88 Å². The van der Waals surface area contributed by atoms with Crippen molar-refractivity contribution in [3.8, 4) is 0 Å². The minimum absolute atomic E-state index is 0.0484. The second-order valence-electron chi connectivity index (χ2n) is 5.34. The number of thiophene rings is 1. The summed E-state index contributed by atoms with van der Waals surface area (Å²) in [4.78, 5) is 20.7. The third-order valence-electron chi connectivity index (χ3n) is 3.54. The van der Waals surface area contributed by atoms with E-state index in [1.807, 2.05) is 23.6 Å². The number of hydrogen-bond acceptors (Lipinski definition) is 3. The van der Waals surface area contributed by atoms with E-state index in [1.165, 1.54) is 18.4 Å². The Morgan fingerprint density at radius 1 is 1.36 bits per heavy atom. The van der Waals surface area contributed by atoms with Gasteiger partial charge in [-0.05, 0) is 42.0 Å². The predicted octanol–water partition coefficient (Wildman–Crippen LogP) is 4.15. The number of benzene rings is 1. The zero-order valence-corrected chi connectivity index (χ0v) is 13.4. The standard InChI is InChI=1S/C17H19N3OS/c1-2-3-5-12-7-8-14-15(10-12)19-17(18-14)20-16(21)11-13-6-4-9-22-13/h4,6-10H,2-3,5,11H2,1H3,(H2,18,19,20,21). The normalized spacial score (nSPS) is 11.0. The number of carbonyl (C=O) groups is 1. The molecule has 0 saturated carbocycles. The van der Waals surface area contributed by atoms with Crippen molar-refractivity contribution in [1.82, 2.24) is 9.97 Å². The molecular formula is C17H19N3OS. The third-order valence-corrected chi connectivity index (χ3v) is 4.41. The van der Waals surface area contributed by atoms with Crippen molar-refractivity contribution >= 4 is 34.2 Å². The number of fused-ring (bicyclic) bond motifs is 1. The van der Waals surface area contributed by atoms with Gasteiger partial charge in [-0.2, -0.15) is 0 Å². The lowest BCUT2D eigenvalue weighted by Gasteiger charge is -1.99. The van der Waals surface area contributed by atoms with E-state index in [0.717, 1.165) is 22.3 Å². The summed E-state index contributed by atoms with van der Waals surface area (Å²) < 4.78 is 0. The summed E-state index contributed by atoms with van der Waals surface area (Å²) in [6.45, 7) is 2.19. The number of aromatic nitrogens is 2. The molecule has 0 fully saturated rings. The molecule has 4 nitrogen and oxygen atoms in total. The topological polar surface area (TPSA) is 57.8 Å². The summed E-state index contributed by atoms with van der Waals surface area (Å²) in [5.41, 5.74) is 3.15. The summed E-state index contributed by atoms with van der Waals surface area (Å²) in [7, 11) is 0. The first-order valence-corrected chi connectivity index (χ1v) is 8.43. The number of H-pyrrole nitrogens is 1. The van der Waals surface area contributed by atoms with Gasteiger partial charge in [0.2, 0.25) is 11.9 Å². The number of amides is 1. The Hall–Kier alpha value is -2.14. The molecule has 5 heteroatoms. The first-order valence-electron chi connectivity index (χ1n) is 7.55. The molecule has 2 N–H and O–H groups in total. The number of hydrogen-bond donors (Lipinski definition) is 2. The first-order chi connectivity index (χ1) is 10.7. The van der Waals surface area contributed by atoms with Crippen molar-refractivity contribution in [2.24, 2.45) is 0 Å². The zero-order chi connectivity index (χ0) is 15.4. The largest absolute Gasteiger partial charge is 0.324 e. The minimum Gasteiger partial charge on any atom is -0.324 e. The molecule has 114 valence electrons. The number of nitrogens with zero attached hydrogens (tertiary/aromatic N) is 1. The van der Waals surface area contributed by atoms with Crippen LogP contribution in [-0.2, 0) is 17.6 Å². The van der Waals surface area contributed by atoms with Gasteiger partial charge >= 0.3 is 0 Å². The average molecular weight is 313 g/mol. The lowest BCUT2D eigenvalue weighted by Crippen LogP contribution is -2.14. The number of carbonyl (C=O) groups excluding carboxylic acids is 1. The Balaban J connectivity index is 1.70. The zero-order valence-electron chi connectivity index (χ0n) is 12.6. The third kappa shape index (κ3) is 3.54. The molecule has 0 radical (unpaired) electrons. The van der Waals surface area contributed by atoms with Crippen molar-refractivity contribution in [2.45, 2.75) is 32.6 Å². The lowest BCUT2D eigenvalue weighted by molar-refractivity contribution is -0.115. The summed E-state index contributed by atoms with van der Waals surface area (Å²) in [6.07, 6.45) is 3.83. The molecule has 2 heterocycles. The van der Waals surface area contributed by atoms with Crippen LogP contribution in [0.1, 0.15) is 30.2 Å². The van der Waals surface area contributed by atoms with E-state index in [4.69, 9.17) is 0 Å². The monoisotopic (exact) mass is 313 g/mol. The number of rotatable bonds is 6. The van der Waals surface area contributed by atoms with Crippen LogP contribution in [0.15, 0.2) is 35.7 Å². The molecule has 0 unspecified atom stereocenters. The highest BCUT2D eigenvalue weighted by Gasteiger charge is 2.09. The fourth-order valence-corrected chi connectivity index (χ4v) is 3.10. The van der Waals surface area contributed by atoms with Crippen LogP contribution in [0.25, 0.3) is 11.0 Å². The molecule has 0 spiro atoms. The van der Waals surface area contributed by atoms with Crippen molar-refractivity contribution in [3.05, 3.63) is 46.2 Å². The minimum atomic E-state index is -0.0484. The number of aromatic amines is 1. The Morgan fingerprint density at radius 3 is 3.05 bits per heavy atom. The van der Waals surface area contributed by atoms with E-state index in [-0.39, 0.29) is 5.91 Å². The fourth-order valence-electron chi connectivity index (χ4n) is 2.40. The van der Waals surface area contributed by atoms with E-state index in [1.54, 1.807) is 11.3 Å². The Kier molecular flexibility index (Phi) is 4.53. The van der Waals surface area contributed by atoms with Crippen LogP contribution in [0.3, 0.4) is 0 Å². The maximum atomic E-state index is 12.0. The summed E-state index contributed by atoms with van der Waals surface area (Å²) in [6, 6.07) is 10.1. The van der Waals surface area contributed by atoms with E-state index in [9.17, 15) is 4.79 Å². The van der Waals surface area contributed by atoms with Crippen LogP contribution in [-0.4, -0.2) is 15.9 Å². The molecule has 1 aromatic carbocycles. The second kappa shape index (κ2) is 6.75. The number of aryl methyl sites for hydroxylation is 1. The van der Waals surface area contributed by atoms with Crippen LogP contribution in [0.5, 0.6) is 0 Å². The number of nitrogens with one attached hydrogen (secondary N) is 2. The van der Waals surface area contributed by atoms with Crippen LogP contribution in [0.2, 0.25) is 0 Å². The van der Waals surface area contributed by atoms with E-state index < -0.39 is 0 Å². The van der Waals surface area contributed by atoms with Crippen LogP contribution < -0.4 is 5.32 Å². The van der Waals surface area contributed by atoms with E-state index in [2.05, 4.69) is 34.3 Å². The Bertz CT molecular complexity index is 761. The average Bonchev–Trinajstić information content (AvgIpc) is 3.13. The molecule has 1 amide bonds. The van der Waals surface area contributed by atoms with E-state index in [0.29, 0.717) is 12.4 Å². The summed E-state index contributed by atoms with van der Waals surface area (Å²) in [5.74, 6) is 0.469. The molecule has 0 aliphatic rings. The lowest BCUT2D eigenvalue weighted by atomic mass is 10.1. The van der Waals surface area contributed by atoms with Gasteiger partial charge in [-0.1, -0.05) is 25.5 Å². The van der Waals surface area contributed by atoms with Gasteiger partial charge < -0.3 is 4.98 Å². The molecule has 0 aliphatic heterocycles. The summed E-state index contributed by atoms with van der Waals surface area (Å²) >= 11 is 1.58. The molecule has 0 aliphatic carbocycles. The van der Waals surface area contributed by atoms with Crippen LogP contribution in [0.4, 0.5) is 5.95 Å². The van der Waals surface area contributed by atoms with Gasteiger partial charge in [0.05, 0.1) is 17.5 Å². The maximum Gasteiger partial charge on any atom is 0.231 e. The second-order valence-corrected chi connectivity index (χ2v) is 6.38. The van der Waals surface area contributed by atoms with Gasteiger partial charge in [0.25, 0.3) is 0 Å². The van der Waals surface area contributed by atoms with Gasteiger partial charge in [0.1, 0.15) is 0 Å². The Labute approximate surface area is 133 Å². The molecule has 0 saturated heterocycles. The van der Waals surface area contributed by atoms with Crippen molar-refractivity contribution in [1.29, 1.82) is 0 Å². The van der Waals surface area contributed by atoms with Crippen molar-refractivity contribution in [2.75, 3.05) is 5.32 Å². The fraction of sp³-hybridized carbons (Fsp3) is 0.294. The predicted molar refractivity (Wildman–Crippen MR) is 91.4 cm³/mol. The molecule has 22 heavy (non-hydrogen) atoms. The SMILES string of the molecule is CCCCc1ccc2nc(NC(=O)Cc3cccs3)[nH]c2c1. The number of imidazole rings is 1. The van der Waals surface area contributed by atoms with Gasteiger partial charge in [-0.3, -0.25) is 10.1 Å². The molecule has 0 bridgehead atoms. The van der Waals surface area contributed by atoms with Crippen LogP contribution in [0, 0.1) is 0 Å². The van der Waals surface area contributed by atoms with E-state index >= 15 is 0 Å². The molecule has 2 aromatic heterocycles. The van der Waals surface area contributed by atoms with Crippen LogP contribution >= 0.6 is 11.3 Å². The Morgan fingerprint density at radius 2 is 2.27 bits per heavy atom. The highest BCUT2D eigenvalue weighted by molar-refractivity contribution is 7.10. The van der Waals surface area contributed by atoms with Gasteiger partial charge in [-0.25, -0.2) is 4.98 Å². The number of unbranched alkanes of at least 4 members (excludes halogenated alkanes) is 1. The maximum absolute atomic E-state index is 12.0. The first kappa shape index (κ1) is 14.8. The van der Waals surface area contributed by atoms with Crippen molar-refractivity contribution in [3.63, 3.8) is 0 Å². The highest BCUT2D eigenvalue weighted by atomic mass is 32.1. The molecule has 3 rings (SSSR count). The smallest absolute Gasteiger partial charge is 0.231 e. The van der Waals surface area contributed by atoms with Gasteiger partial charge in [0.15, 0.2) is 0 Å². The quantitative estimate of drug-likeness (QED) is 0.718. The molecular weight excluding hydrogens is 294 g/mol. The molecule has 0 atom stereocenters. The number of anilines is 1. The van der Waals surface area contributed by atoms with Gasteiger partial charge in [-0.15, -0.1) is 11.3 Å². The summed E-state index contributed by atoms with van der Waals surface area (Å²) in [5, 5.41) is 4.81. The molecule has 3 aromatic rings. The van der Waals surface area contributed by atoms with Crippen molar-refractivity contribution < 1.29 is 4.79 Å². The highest BCUT2D eigenvalue weighted by Crippen LogP contribution is 2.18.